The van der Waals surface area contributed by atoms with Crippen LogP contribution in [-0.2, 0) is 9.47 Å². The van der Waals surface area contributed by atoms with Crippen molar-refractivity contribution in [3.63, 3.8) is 0 Å². The maximum absolute atomic E-state index is 13.1. The highest BCUT2D eigenvalue weighted by Gasteiger charge is 2.28. The second kappa shape index (κ2) is 9.61. The number of ether oxygens (including phenoxy) is 3. The molecule has 1 amide bonds. The van der Waals surface area contributed by atoms with E-state index in [9.17, 15) is 14.4 Å². The Morgan fingerprint density at radius 2 is 1.58 bits per heavy atom. The molecule has 1 heterocycles. The van der Waals surface area contributed by atoms with Crippen LogP contribution >= 0.6 is 11.3 Å². The summed E-state index contributed by atoms with van der Waals surface area (Å²) in [4.78, 5) is 38.2. The summed E-state index contributed by atoms with van der Waals surface area (Å²) in [6.07, 6.45) is 0. The Morgan fingerprint density at radius 3 is 2.19 bits per heavy atom. The van der Waals surface area contributed by atoms with Crippen molar-refractivity contribution >= 4 is 45.0 Å². The average Bonchev–Trinajstić information content (AvgIpc) is 3.08. The molecule has 3 aromatic rings. The van der Waals surface area contributed by atoms with Crippen molar-refractivity contribution in [2.45, 2.75) is 20.8 Å². The minimum absolute atomic E-state index is 0.142. The number of nitrogens with one attached hydrogen (secondary N) is 1. The van der Waals surface area contributed by atoms with Gasteiger partial charge < -0.3 is 19.5 Å². The minimum Gasteiger partial charge on any atom is -0.496 e. The SMILES string of the molecule is CCOC(=O)c1sc(NC(=O)c2cc3ccccc3cc2OC)c(C(=O)OCC)c1C. The number of methoxy groups -OCH3 is 1. The number of benzene rings is 2. The van der Waals surface area contributed by atoms with E-state index in [1.165, 1.54) is 7.11 Å². The van der Waals surface area contributed by atoms with Gasteiger partial charge in [0.05, 0.1) is 31.5 Å². The van der Waals surface area contributed by atoms with E-state index in [4.69, 9.17) is 14.2 Å². The standard InChI is InChI=1S/C23H23NO6S/c1-5-29-22(26)18-13(3)19(23(27)30-6-2)31-21(18)24-20(25)16-11-14-9-7-8-10-15(14)12-17(16)28-4/h7-12H,5-6H2,1-4H3,(H,24,25). The Kier molecular flexibility index (Phi) is 6.91. The van der Waals surface area contributed by atoms with E-state index >= 15 is 0 Å². The number of fused-ring (bicyclic) bond motifs is 1. The number of thiophene rings is 1. The highest BCUT2D eigenvalue weighted by atomic mass is 32.1. The quantitative estimate of drug-likeness (QED) is 0.529. The third kappa shape index (κ3) is 4.54. The highest BCUT2D eigenvalue weighted by molar-refractivity contribution is 7.18. The molecule has 0 aliphatic heterocycles. The summed E-state index contributed by atoms with van der Waals surface area (Å²) in [5.41, 5.74) is 0.852. The van der Waals surface area contributed by atoms with Crippen LogP contribution in [0, 0.1) is 6.92 Å². The zero-order valence-corrected chi connectivity index (χ0v) is 18.6. The van der Waals surface area contributed by atoms with E-state index in [1.54, 1.807) is 32.9 Å². The normalized spacial score (nSPS) is 10.6. The summed E-state index contributed by atoms with van der Waals surface area (Å²) in [6, 6.07) is 11.1. The number of carbonyl (C=O) groups excluding carboxylic acids is 3. The molecule has 0 spiro atoms. The fraction of sp³-hybridized carbons (Fsp3) is 0.261. The summed E-state index contributed by atoms with van der Waals surface area (Å²) < 4.78 is 15.6. The lowest BCUT2D eigenvalue weighted by molar-refractivity contribution is 0.0527. The van der Waals surface area contributed by atoms with Gasteiger partial charge in [-0.1, -0.05) is 24.3 Å². The molecule has 0 unspecified atom stereocenters. The molecule has 2 aromatic carbocycles. The molecule has 0 radical (unpaired) electrons. The lowest BCUT2D eigenvalue weighted by Crippen LogP contribution is -2.15. The molecule has 0 saturated heterocycles. The van der Waals surface area contributed by atoms with Crippen LogP contribution in [0.4, 0.5) is 5.00 Å². The summed E-state index contributed by atoms with van der Waals surface area (Å²) in [5.74, 6) is -1.25. The number of hydrogen-bond donors (Lipinski definition) is 1. The third-order valence-corrected chi connectivity index (χ3v) is 5.81. The van der Waals surface area contributed by atoms with Gasteiger partial charge in [0, 0.05) is 0 Å². The molecule has 0 saturated carbocycles. The van der Waals surface area contributed by atoms with Gasteiger partial charge in [-0.05, 0) is 49.2 Å². The average molecular weight is 442 g/mol. The van der Waals surface area contributed by atoms with Crippen molar-refractivity contribution in [2.75, 3.05) is 25.6 Å². The van der Waals surface area contributed by atoms with Gasteiger partial charge in [0.15, 0.2) is 0 Å². The fourth-order valence-corrected chi connectivity index (χ4v) is 4.26. The zero-order valence-electron chi connectivity index (χ0n) is 17.7. The van der Waals surface area contributed by atoms with Crippen molar-refractivity contribution in [3.05, 3.63) is 58.0 Å². The van der Waals surface area contributed by atoms with Crippen LogP contribution in [0.5, 0.6) is 5.75 Å². The van der Waals surface area contributed by atoms with Crippen molar-refractivity contribution in [1.29, 1.82) is 0 Å². The number of anilines is 1. The molecule has 3 rings (SSSR count). The molecule has 0 fully saturated rings. The molecule has 0 bridgehead atoms. The van der Waals surface area contributed by atoms with E-state index < -0.39 is 17.8 Å². The number of hydrogen-bond acceptors (Lipinski definition) is 7. The highest BCUT2D eigenvalue weighted by Crippen LogP contribution is 2.35. The van der Waals surface area contributed by atoms with Gasteiger partial charge in [-0.3, -0.25) is 4.79 Å². The Balaban J connectivity index is 2.04. The van der Waals surface area contributed by atoms with Crippen LogP contribution in [0.25, 0.3) is 10.8 Å². The largest absolute Gasteiger partial charge is 0.496 e. The zero-order chi connectivity index (χ0) is 22.5. The van der Waals surface area contributed by atoms with Crippen molar-refractivity contribution < 1.29 is 28.6 Å². The fourth-order valence-electron chi connectivity index (χ4n) is 3.18. The Hall–Kier alpha value is -3.39. The van der Waals surface area contributed by atoms with Gasteiger partial charge >= 0.3 is 11.9 Å². The number of esters is 2. The van der Waals surface area contributed by atoms with Crippen molar-refractivity contribution in [2.24, 2.45) is 0 Å². The summed E-state index contributed by atoms with van der Waals surface area (Å²) in [7, 11) is 1.49. The second-order valence-electron chi connectivity index (χ2n) is 6.56. The number of carbonyl (C=O) groups is 3. The van der Waals surface area contributed by atoms with Gasteiger partial charge in [0.25, 0.3) is 5.91 Å². The van der Waals surface area contributed by atoms with Gasteiger partial charge in [-0.25, -0.2) is 9.59 Å². The maximum atomic E-state index is 13.1. The first-order chi connectivity index (χ1) is 14.9. The monoisotopic (exact) mass is 441 g/mol. The van der Waals surface area contributed by atoms with Crippen LogP contribution in [0.15, 0.2) is 36.4 Å². The van der Waals surface area contributed by atoms with Crippen LogP contribution in [0.3, 0.4) is 0 Å². The second-order valence-corrected chi connectivity index (χ2v) is 7.58. The van der Waals surface area contributed by atoms with Crippen LogP contribution < -0.4 is 10.1 Å². The molecule has 1 aromatic heterocycles. The Bertz CT molecular complexity index is 1150. The topological polar surface area (TPSA) is 90.9 Å². The summed E-state index contributed by atoms with van der Waals surface area (Å²) in [5, 5.41) is 4.78. The van der Waals surface area contributed by atoms with E-state index in [2.05, 4.69) is 5.32 Å². The first-order valence-corrected chi connectivity index (χ1v) is 10.6. The Morgan fingerprint density at radius 1 is 0.968 bits per heavy atom. The molecule has 0 atom stereocenters. The van der Waals surface area contributed by atoms with E-state index in [-0.39, 0.29) is 28.7 Å². The summed E-state index contributed by atoms with van der Waals surface area (Å²) >= 11 is 0.980. The lowest BCUT2D eigenvalue weighted by atomic mass is 10.1. The molecule has 8 heteroatoms. The predicted molar refractivity (Wildman–Crippen MR) is 119 cm³/mol. The third-order valence-electron chi connectivity index (χ3n) is 4.63. The smallest absolute Gasteiger partial charge is 0.348 e. The molecule has 162 valence electrons. The molecular weight excluding hydrogens is 418 g/mol. The molecule has 7 nitrogen and oxygen atoms in total. The van der Waals surface area contributed by atoms with Crippen molar-refractivity contribution in [3.8, 4) is 5.75 Å². The molecular formula is C23H23NO6S. The van der Waals surface area contributed by atoms with Gasteiger partial charge in [-0.2, -0.15) is 0 Å². The lowest BCUT2D eigenvalue weighted by Gasteiger charge is -2.11. The van der Waals surface area contributed by atoms with Crippen LogP contribution in [-0.4, -0.2) is 38.2 Å². The molecule has 0 aliphatic carbocycles. The van der Waals surface area contributed by atoms with E-state index in [1.807, 2.05) is 24.3 Å². The van der Waals surface area contributed by atoms with Gasteiger partial charge in [0.2, 0.25) is 0 Å². The maximum Gasteiger partial charge on any atom is 0.348 e. The van der Waals surface area contributed by atoms with Gasteiger partial charge in [-0.15, -0.1) is 11.3 Å². The molecule has 0 aliphatic rings. The minimum atomic E-state index is -0.618. The first-order valence-electron chi connectivity index (χ1n) is 9.76. The predicted octanol–water partition coefficient (Wildman–Crippen LogP) is 4.82. The van der Waals surface area contributed by atoms with Gasteiger partial charge in [0.1, 0.15) is 15.6 Å². The summed E-state index contributed by atoms with van der Waals surface area (Å²) in [6.45, 7) is 5.36. The van der Waals surface area contributed by atoms with Crippen LogP contribution in [0.2, 0.25) is 0 Å². The van der Waals surface area contributed by atoms with E-state index in [0.717, 1.165) is 22.1 Å². The number of amides is 1. The first kappa shape index (κ1) is 22.3. The van der Waals surface area contributed by atoms with Crippen molar-refractivity contribution in [1.82, 2.24) is 0 Å². The Labute approximate surface area is 183 Å². The molecule has 1 N–H and O–H groups in total. The van der Waals surface area contributed by atoms with E-state index in [0.29, 0.717) is 16.9 Å². The number of rotatable bonds is 7. The van der Waals surface area contributed by atoms with Crippen LogP contribution in [0.1, 0.15) is 49.8 Å². The molecule has 31 heavy (non-hydrogen) atoms.